The zero-order chi connectivity index (χ0) is 14.9. The van der Waals surface area contributed by atoms with Crippen LogP contribution in [0.3, 0.4) is 0 Å². The normalized spacial score (nSPS) is 23.4. The number of hydrogen-bond donors (Lipinski definition) is 1. The van der Waals surface area contributed by atoms with Crippen molar-refractivity contribution in [2.24, 2.45) is 0 Å². The topological polar surface area (TPSA) is 66.1 Å². The first kappa shape index (κ1) is 15.0. The number of likely N-dealkylation sites (tertiary alicyclic amines) is 1. The van der Waals surface area contributed by atoms with Crippen LogP contribution >= 0.6 is 0 Å². The molecule has 1 saturated heterocycles. The van der Waals surface area contributed by atoms with Crippen LogP contribution in [-0.2, 0) is 22.7 Å². The molecular weight excluding hydrogens is 286 g/mol. The van der Waals surface area contributed by atoms with Gasteiger partial charge in [-0.25, -0.2) is 13.4 Å². The summed E-state index contributed by atoms with van der Waals surface area (Å²) in [6.07, 6.45) is 9.08. The minimum absolute atomic E-state index is 0.283. The van der Waals surface area contributed by atoms with E-state index in [1.54, 1.807) is 0 Å². The zero-order valence-corrected chi connectivity index (χ0v) is 13.6. The highest BCUT2D eigenvalue weighted by molar-refractivity contribution is 7.90. The largest absolute Gasteiger partial charge is 0.344 e. The van der Waals surface area contributed by atoms with Crippen molar-refractivity contribution < 1.29 is 8.42 Å². The Hall–Kier alpha value is -0.880. The Bertz CT molecular complexity index is 571. The fraction of sp³-hybridized carbons (Fsp3) is 0.800. The fourth-order valence-electron chi connectivity index (χ4n) is 3.57. The second-order valence-electron chi connectivity index (χ2n) is 6.43. The predicted octanol–water partition coefficient (Wildman–Crippen LogP) is 1.86. The highest BCUT2D eigenvalue weighted by Gasteiger charge is 2.29. The summed E-state index contributed by atoms with van der Waals surface area (Å²) in [6, 6.07) is 0.357. The van der Waals surface area contributed by atoms with E-state index in [1.165, 1.54) is 36.9 Å². The molecule has 1 aliphatic carbocycles. The van der Waals surface area contributed by atoms with E-state index in [0.29, 0.717) is 6.04 Å². The molecule has 118 valence electrons. The summed E-state index contributed by atoms with van der Waals surface area (Å²) in [5.74, 6) is 1.39. The lowest BCUT2D eigenvalue weighted by atomic mass is 10.0. The average Bonchev–Trinajstić information content (AvgIpc) is 3.02. The quantitative estimate of drug-likeness (QED) is 0.901. The van der Waals surface area contributed by atoms with Crippen LogP contribution in [0.1, 0.15) is 55.4 Å². The Morgan fingerprint density at radius 2 is 2.10 bits per heavy atom. The second-order valence-corrected chi connectivity index (χ2v) is 8.69. The number of aromatic amines is 1. The molecule has 2 aliphatic rings. The summed E-state index contributed by atoms with van der Waals surface area (Å²) in [6.45, 7) is 1.91. The van der Waals surface area contributed by atoms with Crippen LogP contribution in [0.2, 0.25) is 0 Å². The maximum absolute atomic E-state index is 11.3. The molecule has 0 saturated carbocycles. The van der Waals surface area contributed by atoms with E-state index in [0.717, 1.165) is 44.6 Å². The van der Waals surface area contributed by atoms with Crippen LogP contribution in [-0.4, -0.2) is 48.4 Å². The SMILES string of the molecule is CS(=O)(=O)CCCN1CCCC1c1nc2c([nH]1)CCCC2. The maximum atomic E-state index is 11.3. The number of imidazole rings is 1. The van der Waals surface area contributed by atoms with Crippen LogP contribution < -0.4 is 0 Å². The van der Waals surface area contributed by atoms with Gasteiger partial charge in [0.05, 0.1) is 17.5 Å². The molecule has 0 bridgehead atoms. The van der Waals surface area contributed by atoms with Gasteiger partial charge in [0, 0.05) is 11.9 Å². The average molecular weight is 311 g/mol. The fourth-order valence-corrected chi connectivity index (χ4v) is 4.22. The number of hydrogen-bond acceptors (Lipinski definition) is 4. The van der Waals surface area contributed by atoms with E-state index in [9.17, 15) is 8.42 Å². The lowest BCUT2D eigenvalue weighted by Gasteiger charge is -2.22. The standard InChI is InChI=1S/C15H25N3O2S/c1-21(19,20)11-5-10-18-9-4-8-14(18)15-16-12-6-2-3-7-13(12)17-15/h14H,2-11H2,1H3,(H,16,17). The first-order chi connectivity index (χ1) is 10.0. The van der Waals surface area contributed by atoms with Gasteiger partial charge in [0.1, 0.15) is 15.7 Å². The van der Waals surface area contributed by atoms with Crippen molar-refractivity contribution in [1.82, 2.24) is 14.9 Å². The summed E-state index contributed by atoms with van der Waals surface area (Å²) in [5, 5.41) is 0. The Morgan fingerprint density at radius 1 is 1.29 bits per heavy atom. The number of fused-ring (bicyclic) bond motifs is 1. The van der Waals surface area contributed by atoms with E-state index < -0.39 is 9.84 Å². The van der Waals surface area contributed by atoms with Crippen LogP contribution in [0, 0.1) is 0 Å². The van der Waals surface area contributed by atoms with Crippen LogP contribution in [0.25, 0.3) is 0 Å². The molecule has 1 unspecified atom stereocenters. The summed E-state index contributed by atoms with van der Waals surface area (Å²) in [7, 11) is -2.85. The van der Waals surface area contributed by atoms with Gasteiger partial charge in [-0.3, -0.25) is 4.90 Å². The summed E-state index contributed by atoms with van der Waals surface area (Å²) < 4.78 is 22.5. The number of aromatic nitrogens is 2. The Labute approximate surface area is 127 Å². The first-order valence-corrected chi connectivity index (χ1v) is 10.1. The predicted molar refractivity (Wildman–Crippen MR) is 83.1 cm³/mol. The molecule has 21 heavy (non-hydrogen) atoms. The van der Waals surface area contributed by atoms with Gasteiger partial charge < -0.3 is 4.98 Å². The highest BCUT2D eigenvalue weighted by Crippen LogP contribution is 2.32. The number of sulfone groups is 1. The monoisotopic (exact) mass is 311 g/mol. The maximum Gasteiger partial charge on any atom is 0.147 e. The molecular formula is C15H25N3O2S. The van der Waals surface area contributed by atoms with Gasteiger partial charge in [0.2, 0.25) is 0 Å². The van der Waals surface area contributed by atoms with Crippen molar-refractivity contribution in [1.29, 1.82) is 0 Å². The molecule has 5 nitrogen and oxygen atoms in total. The minimum atomic E-state index is -2.85. The molecule has 2 heterocycles. The van der Waals surface area contributed by atoms with Crippen molar-refractivity contribution in [3.05, 3.63) is 17.2 Å². The molecule has 1 N–H and O–H groups in total. The van der Waals surface area contributed by atoms with Crippen molar-refractivity contribution in [2.75, 3.05) is 25.1 Å². The van der Waals surface area contributed by atoms with Crippen LogP contribution in [0.15, 0.2) is 0 Å². The molecule has 1 fully saturated rings. The highest BCUT2D eigenvalue weighted by atomic mass is 32.2. The third-order valence-corrected chi connectivity index (χ3v) is 5.64. The molecule has 1 aliphatic heterocycles. The molecule has 6 heteroatoms. The molecule has 0 aromatic carbocycles. The molecule has 3 rings (SSSR count). The third-order valence-electron chi connectivity index (χ3n) is 4.61. The Morgan fingerprint density at radius 3 is 2.86 bits per heavy atom. The number of nitrogens with zero attached hydrogens (tertiary/aromatic N) is 2. The zero-order valence-electron chi connectivity index (χ0n) is 12.8. The Kier molecular flexibility index (Phi) is 4.36. The van der Waals surface area contributed by atoms with Gasteiger partial charge in [-0.2, -0.15) is 0 Å². The summed E-state index contributed by atoms with van der Waals surface area (Å²) >= 11 is 0. The molecule has 1 atom stereocenters. The smallest absolute Gasteiger partial charge is 0.147 e. The van der Waals surface area contributed by atoms with E-state index >= 15 is 0 Å². The van der Waals surface area contributed by atoms with Gasteiger partial charge >= 0.3 is 0 Å². The van der Waals surface area contributed by atoms with Gasteiger partial charge in [0.25, 0.3) is 0 Å². The van der Waals surface area contributed by atoms with Gasteiger partial charge in [-0.05, 0) is 58.0 Å². The minimum Gasteiger partial charge on any atom is -0.344 e. The van der Waals surface area contributed by atoms with Crippen LogP contribution in [0.4, 0.5) is 0 Å². The van der Waals surface area contributed by atoms with Crippen molar-refractivity contribution in [3.8, 4) is 0 Å². The van der Waals surface area contributed by atoms with Crippen molar-refractivity contribution >= 4 is 9.84 Å². The van der Waals surface area contributed by atoms with Crippen molar-refractivity contribution in [3.63, 3.8) is 0 Å². The lowest BCUT2D eigenvalue weighted by Crippen LogP contribution is -2.26. The van der Waals surface area contributed by atoms with E-state index in [-0.39, 0.29) is 5.75 Å². The molecule has 1 aromatic rings. The molecule has 0 spiro atoms. The third kappa shape index (κ3) is 3.66. The number of rotatable bonds is 5. The molecule has 0 amide bonds. The summed E-state index contributed by atoms with van der Waals surface area (Å²) in [5.41, 5.74) is 2.60. The Balaban J connectivity index is 1.65. The molecule has 1 aromatic heterocycles. The lowest BCUT2D eigenvalue weighted by molar-refractivity contribution is 0.250. The molecule has 0 radical (unpaired) electrons. The van der Waals surface area contributed by atoms with E-state index in [2.05, 4.69) is 9.88 Å². The van der Waals surface area contributed by atoms with E-state index in [4.69, 9.17) is 4.98 Å². The van der Waals surface area contributed by atoms with Gasteiger partial charge in [0.15, 0.2) is 0 Å². The number of aryl methyl sites for hydroxylation is 2. The van der Waals surface area contributed by atoms with Gasteiger partial charge in [-0.1, -0.05) is 0 Å². The summed E-state index contributed by atoms with van der Waals surface area (Å²) in [4.78, 5) is 10.8. The van der Waals surface area contributed by atoms with Gasteiger partial charge in [-0.15, -0.1) is 0 Å². The van der Waals surface area contributed by atoms with Crippen molar-refractivity contribution in [2.45, 2.75) is 51.0 Å². The van der Waals surface area contributed by atoms with E-state index in [1.807, 2.05) is 0 Å². The first-order valence-electron chi connectivity index (χ1n) is 8.02. The van der Waals surface area contributed by atoms with Crippen LogP contribution in [0.5, 0.6) is 0 Å². The number of H-pyrrole nitrogens is 1. The number of nitrogens with one attached hydrogen (secondary N) is 1. The second kappa shape index (κ2) is 6.08.